The summed E-state index contributed by atoms with van der Waals surface area (Å²) in [6, 6.07) is 0. The van der Waals surface area contributed by atoms with Gasteiger partial charge in [-0.25, -0.2) is 0 Å². The van der Waals surface area contributed by atoms with E-state index in [1.54, 1.807) is 20.8 Å². The van der Waals surface area contributed by atoms with Gasteiger partial charge in [-0.15, -0.1) is 0 Å². The van der Waals surface area contributed by atoms with Crippen molar-refractivity contribution < 1.29 is 17.9 Å². The molecular formula is C16H31F3N2O. The number of piperazine rings is 1. The molecule has 0 aromatic carbocycles. The number of rotatable bonds is 4. The third kappa shape index (κ3) is 6.84. The molecular weight excluding hydrogens is 293 g/mol. The van der Waals surface area contributed by atoms with Crippen LogP contribution in [0.1, 0.15) is 41.5 Å². The fourth-order valence-corrected chi connectivity index (χ4v) is 2.51. The van der Waals surface area contributed by atoms with E-state index in [4.69, 9.17) is 4.74 Å². The minimum absolute atomic E-state index is 0.0254. The van der Waals surface area contributed by atoms with Crippen LogP contribution in [0.3, 0.4) is 0 Å². The van der Waals surface area contributed by atoms with Crippen LogP contribution in [0.5, 0.6) is 0 Å². The van der Waals surface area contributed by atoms with Gasteiger partial charge in [0, 0.05) is 38.3 Å². The average molecular weight is 324 g/mol. The molecule has 1 saturated heterocycles. The smallest absolute Gasteiger partial charge is 0.375 e. The molecule has 3 nitrogen and oxygen atoms in total. The summed E-state index contributed by atoms with van der Waals surface area (Å²) in [5, 5.41) is 0. The molecule has 0 aromatic heterocycles. The summed E-state index contributed by atoms with van der Waals surface area (Å²) in [6.45, 7) is 14.5. The Morgan fingerprint density at radius 2 is 1.41 bits per heavy atom. The minimum atomic E-state index is -4.22. The normalized spacial score (nSPS) is 21.1. The van der Waals surface area contributed by atoms with E-state index in [9.17, 15) is 13.2 Å². The molecule has 1 fully saturated rings. The van der Waals surface area contributed by atoms with Crippen LogP contribution in [0, 0.1) is 5.92 Å². The van der Waals surface area contributed by atoms with Crippen LogP contribution in [-0.4, -0.2) is 66.4 Å². The lowest BCUT2D eigenvalue weighted by molar-refractivity contribution is -0.202. The van der Waals surface area contributed by atoms with Crippen LogP contribution in [-0.2, 0) is 4.74 Å². The third-order valence-corrected chi connectivity index (χ3v) is 3.98. The Labute approximate surface area is 132 Å². The van der Waals surface area contributed by atoms with Crippen molar-refractivity contribution in [2.75, 3.05) is 39.3 Å². The Bertz CT molecular complexity index is 337. The highest BCUT2D eigenvalue weighted by molar-refractivity contribution is 4.83. The lowest BCUT2D eigenvalue weighted by atomic mass is 10.0. The molecule has 132 valence electrons. The first-order valence-electron chi connectivity index (χ1n) is 7.97. The van der Waals surface area contributed by atoms with Crippen molar-refractivity contribution in [2.24, 2.45) is 5.92 Å². The van der Waals surface area contributed by atoms with E-state index in [1.165, 1.54) is 0 Å². The Kier molecular flexibility index (Phi) is 6.32. The quantitative estimate of drug-likeness (QED) is 0.788. The van der Waals surface area contributed by atoms with Crippen molar-refractivity contribution in [2.45, 2.75) is 58.9 Å². The van der Waals surface area contributed by atoms with Gasteiger partial charge in [0.2, 0.25) is 0 Å². The molecule has 6 heteroatoms. The van der Waals surface area contributed by atoms with Gasteiger partial charge in [0.15, 0.2) is 0 Å². The van der Waals surface area contributed by atoms with E-state index in [2.05, 4.69) is 25.7 Å². The molecule has 1 aliphatic heterocycles. The van der Waals surface area contributed by atoms with E-state index in [0.29, 0.717) is 13.1 Å². The standard InChI is InChI=1S/C16H31F3N2O/c1-14(2,3)21-9-7-20(8-10-21)11-13(16(17,18)19)12-22-15(4,5)6/h13H,7-12H2,1-6H3. The molecule has 22 heavy (non-hydrogen) atoms. The molecule has 0 bridgehead atoms. The highest BCUT2D eigenvalue weighted by Crippen LogP contribution is 2.29. The number of nitrogens with zero attached hydrogens (tertiary/aromatic N) is 2. The summed E-state index contributed by atoms with van der Waals surface area (Å²) >= 11 is 0. The summed E-state index contributed by atoms with van der Waals surface area (Å²) in [5.74, 6) is -1.42. The predicted molar refractivity (Wildman–Crippen MR) is 83.0 cm³/mol. The zero-order valence-electron chi connectivity index (χ0n) is 14.8. The van der Waals surface area contributed by atoms with Gasteiger partial charge < -0.3 is 9.64 Å². The fraction of sp³-hybridized carbons (Fsp3) is 1.00. The molecule has 1 aliphatic rings. The van der Waals surface area contributed by atoms with Gasteiger partial charge in [0.25, 0.3) is 0 Å². The van der Waals surface area contributed by atoms with Crippen LogP contribution in [0.15, 0.2) is 0 Å². The van der Waals surface area contributed by atoms with Gasteiger partial charge in [-0.3, -0.25) is 4.90 Å². The van der Waals surface area contributed by atoms with Crippen LogP contribution < -0.4 is 0 Å². The van der Waals surface area contributed by atoms with E-state index >= 15 is 0 Å². The molecule has 1 heterocycles. The summed E-state index contributed by atoms with van der Waals surface area (Å²) in [4.78, 5) is 4.23. The Balaban J connectivity index is 2.54. The first-order valence-corrected chi connectivity index (χ1v) is 7.97. The fourth-order valence-electron chi connectivity index (χ4n) is 2.51. The molecule has 0 N–H and O–H groups in total. The lowest BCUT2D eigenvalue weighted by Gasteiger charge is -2.43. The SMILES string of the molecule is CC(C)(C)OCC(CN1CCN(C(C)(C)C)CC1)C(F)(F)F. The molecule has 0 saturated carbocycles. The molecule has 0 radical (unpaired) electrons. The number of hydrogen-bond acceptors (Lipinski definition) is 3. The second-order valence-corrected chi connectivity index (χ2v) is 8.12. The molecule has 0 aliphatic carbocycles. The monoisotopic (exact) mass is 324 g/mol. The van der Waals surface area contributed by atoms with E-state index < -0.39 is 17.7 Å². The maximum atomic E-state index is 13.2. The zero-order valence-corrected chi connectivity index (χ0v) is 14.8. The molecule has 0 spiro atoms. The van der Waals surface area contributed by atoms with Crippen molar-refractivity contribution in [1.82, 2.24) is 9.80 Å². The topological polar surface area (TPSA) is 15.7 Å². The highest BCUT2D eigenvalue weighted by Gasteiger charge is 2.42. The van der Waals surface area contributed by atoms with Crippen molar-refractivity contribution >= 4 is 0 Å². The Hall–Kier alpha value is -0.330. The number of alkyl halides is 3. The summed E-state index contributed by atoms with van der Waals surface area (Å²) in [7, 11) is 0. The number of hydrogen-bond donors (Lipinski definition) is 0. The Morgan fingerprint density at radius 3 is 1.77 bits per heavy atom. The second kappa shape index (κ2) is 7.05. The van der Waals surface area contributed by atoms with Gasteiger partial charge in [0.05, 0.1) is 18.1 Å². The van der Waals surface area contributed by atoms with Gasteiger partial charge in [-0.2, -0.15) is 13.2 Å². The van der Waals surface area contributed by atoms with Crippen LogP contribution >= 0.6 is 0 Å². The van der Waals surface area contributed by atoms with Crippen molar-refractivity contribution in [3.63, 3.8) is 0 Å². The third-order valence-electron chi connectivity index (χ3n) is 3.98. The molecule has 0 amide bonds. The molecule has 1 rings (SSSR count). The van der Waals surface area contributed by atoms with E-state index in [0.717, 1.165) is 13.1 Å². The van der Waals surface area contributed by atoms with E-state index in [-0.39, 0.29) is 18.7 Å². The van der Waals surface area contributed by atoms with Crippen LogP contribution in [0.4, 0.5) is 13.2 Å². The predicted octanol–water partition coefficient (Wildman–Crippen LogP) is 3.40. The highest BCUT2D eigenvalue weighted by atomic mass is 19.4. The summed E-state index contributed by atoms with van der Waals surface area (Å²) in [6.07, 6.45) is -4.22. The largest absolute Gasteiger partial charge is 0.395 e. The van der Waals surface area contributed by atoms with Crippen molar-refractivity contribution in [3.05, 3.63) is 0 Å². The van der Waals surface area contributed by atoms with Crippen molar-refractivity contribution in [3.8, 4) is 0 Å². The van der Waals surface area contributed by atoms with Crippen molar-refractivity contribution in [1.29, 1.82) is 0 Å². The zero-order chi connectivity index (χ0) is 17.2. The van der Waals surface area contributed by atoms with E-state index in [1.807, 2.05) is 4.90 Å². The van der Waals surface area contributed by atoms with Gasteiger partial charge in [-0.05, 0) is 41.5 Å². The van der Waals surface area contributed by atoms with Crippen LogP contribution in [0.25, 0.3) is 0 Å². The van der Waals surface area contributed by atoms with Gasteiger partial charge >= 0.3 is 6.18 Å². The average Bonchev–Trinajstić information content (AvgIpc) is 2.31. The number of ether oxygens (including phenoxy) is 1. The summed E-state index contributed by atoms with van der Waals surface area (Å²) in [5.41, 5.74) is -0.473. The van der Waals surface area contributed by atoms with Gasteiger partial charge in [-0.1, -0.05) is 0 Å². The molecule has 1 atom stereocenters. The number of halogens is 3. The Morgan fingerprint density at radius 1 is 0.909 bits per heavy atom. The first-order chi connectivity index (χ1) is 9.79. The van der Waals surface area contributed by atoms with Gasteiger partial charge in [0.1, 0.15) is 0 Å². The summed E-state index contributed by atoms with van der Waals surface area (Å²) < 4.78 is 45.0. The molecule has 0 aromatic rings. The maximum absolute atomic E-state index is 13.2. The molecule has 1 unspecified atom stereocenters. The second-order valence-electron chi connectivity index (χ2n) is 8.12. The minimum Gasteiger partial charge on any atom is -0.375 e. The first kappa shape index (κ1) is 19.7. The van der Waals surface area contributed by atoms with Crippen LogP contribution in [0.2, 0.25) is 0 Å². The maximum Gasteiger partial charge on any atom is 0.395 e. The lowest BCUT2D eigenvalue weighted by Crippen LogP contribution is -2.55.